The fourth-order valence-electron chi connectivity index (χ4n) is 3.29. The zero-order valence-corrected chi connectivity index (χ0v) is 13.6. The van der Waals surface area contributed by atoms with Crippen LogP contribution >= 0.6 is 0 Å². The van der Waals surface area contributed by atoms with Gasteiger partial charge in [-0.1, -0.05) is 72.8 Å². The summed E-state index contributed by atoms with van der Waals surface area (Å²) in [4.78, 5) is 2.24. The Morgan fingerprint density at radius 3 is 2.67 bits per heavy atom. The summed E-state index contributed by atoms with van der Waals surface area (Å²) >= 11 is 0. The number of anilines is 1. The van der Waals surface area contributed by atoms with Gasteiger partial charge >= 0.3 is 0 Å². The molecular weight excluding hydrogens is 294 g/mol. The zero-order chi connectivity index (χ0) is 16.5. The van der Waals surface area contributed by atoms with Gasteiger partial charge in [0.15, 0.2) is 0 Å². The predicted octanol–water partition coefficient (Wildman–Crippen LogP) is 5.09. The predicted molar refractivity (Wildman–Crippen MR) is 102 cm³/mol. The van der Waals surface area contributed by atoms with E-state index in [-0.39, 0.29) is 6.04 Å². The van der Waals surface area contributed by atoms with Crippen LogP contribution in [0.5, 0.6) is 5.75 Å². The number of hydrogen-bond acceptors (Lipinski definition) is 2. The van der Waals surface area contributed by atoms with Crippen molar-refractivity contribution in [2.24, 2.45) is 0 Å². The first-order chi connectivity index (χ1) is 11.7. The van der Waals surface area contributed by atoms with E-state index in [2.05, 4.69) is 60.5 Å². The Hall–Kier alpha value is -3.00. The summed E-state index contributed by atoms with van der Waals surface area (Å²) in [5.41, 5.74) is 3.32. The lowest BCUT2D eigenvalue weighted by Crippen LogP contribution is -2.30. The van der Waals surface area contributed by atoms with Crippen molar-refractivity contribution in [3.05, 3.63) is 83.9 Å². The van der Waals surface area contributed by atoms with Gasteiger partial charge in [-0.2, -0.15) is 0 Å². The van der Waals surface area contributed by atoms with E-state index in [0.29, 0.717) is 5.75 Å². The summed E-state index contributed by atoms with van der Waals surface area (Å²) in [6, 6.07) is 20.4. The van der Waals surface area contributed by atoms with Gasteiger partial charge in [-0.15, -0.1) is 0 Å². The Bertz CT molecular complexity index is 955. The van der Waals surface area contributed by atoms with Crippen LogP contribution in [0.1, 0.15) is 11.1 Å². The lowest BCUT2D eigenvalue weighted by Gasteiger charge is -2.30. The van der Waals surface area contributed by atoms with Gasteiger partial charge in [-0.05, 0) is 28.5 Å². The molecule has 0 aromatic heterocycles. The average Bonchev–Trinajstić information content (AvgIpc) is 2.62. The molecule has 0 saturated carbocycles. The number of benzene rings is 3. The largest absolute Gasteiger partial charge is 0.507 e. The molecule has 1 aliphatic rings. The quantitative estimate of drug-likeness (QED) is 0.712. The zero-order valence-electron chi connectivity index (χ0n) is 13.6. The van der Waals surface area contributed by atoms with Crippen LogP contribution in [-0.4, -0.2) is 18.2 Å². The molecule has 3 aromatic carbocycles. The minimum Gasteiger partial charge on any atom is -0.507 e. The fraction of sp³-hybridized carbons (Fsp3) is 0.0909. The topological polar surface area (TPSA) is 23.5 Å². The number of para-hydroxylation sites is 1. The normalized spacial score (nSPS) is 16.7. The molecule has 1 aliphatic heterocycles. The van der Waals surface area contributed by atoms with Crippen LogP contribution in [0.3, 0.4) is 0 Å². The first kappa shape index (κ1) is 14.6. The van der Waals surface area contributed by atoms with E-state index in [0.717, 1.165) is 16.3 Å². The lowest BCUT2D eigenvalue weighted by molar-refractivity contribution is 0.475. The summed E-state index contributed by atoms with van der Waals surface area (Å²) in [6.45, 7) is 0. The highest BCUT2D eigenvalue weighted by Gasteiger charge is 2.16. The smallest absolute Gasteiger partial charge is 0.123 e. The van der Waals surface area contributed by atoms with Crippen molar-refractivity contribution >= 4 is 28.6 Å². The second-order valence-electron chi connectivity index (χ2n) is 6.10. The number of aromatic hydroxyl groups is 1. The molecule has 0 saturated heterocycles. The maximum Gasteiger partial charge on any atom is 0.123 e. The van der Waals surface area contributed by atoms with E-state index in [1.54, 1.807) is 6.07 Å². The van der Waals surface area contributed by atoms with Crippen molar-refractivity contribution in [2.75, 3.05) is 11.9 Å². The monoisotopic (exact) mass is 313 g/mol. The number of likely N-dealkylation sites (N-methyl/N-ethyl adjacent to an activating group) is 1. The van der Waals surface area contributed by atoms with Gasteiger partial charge in [0.05, 0.1) is 6.04 Å². The fourth-order valence-corrected chi connectivity index (χ4v) is 3.29. The van der Waals surface area contributed by atoms with E-state index in [1.807, 2.05) is 30.3 Å². The third kappa shape index (κ3) is 2.46. The third-order valence-electron chi connectivity index (χ3n) is 4.64. The standard InChI is InChI=1S/C22H19NO/c1-23-18(12-10-17-7-3-5-9-21(17)23)13-14-20-19-8-4-2-6-16(19)11-15-22(20)24/h2-15,18,24H,1H3/b14-13+. The van der Waals surface area contributed by atoms with Crippen LogP contribution in [0, 0.1) is 0 Å². The van der Waals surface area contributed by atoms with Gasteiger partial charge < -0.3 is 10.0 Å². The van der Waals surface area contributed by atoms with Crippen molar-refractivity contribution in [3.63, 3.8) is 0 Å². The van der Waals surface area contributed by atoms with Gasteiger partial charge in [0.2, 0.25) is 0 Å². The molecule has 1 N–H and O–H groups in total. The Kier molecular flexibility index (Phi) is 3.58. The molecule has 118 valence electrons. The van der Waals surface area contributed by atoms with Crippen molar-refractivity contribution in [2.45, 2.75) is 6.04 Å². The molecule has 1 unspecified atom stereocenters. The van der Waals surface area contributed by atoms with Gasteiger partial charge in [0.25, 0.3) is 0 Å². The molecule has 2 heteroatoms. The lowest BCUT2D eigenvalue weighted by atomic mass is 10.00. The first-order valence-electron chi connectivity index (χ1n) is 8.13. The van der Waals surface area contributed by atoms with Gasteiger partial charge in [-0.25, -0.2) is 0 Å². The van der Waals surface area contributed by atoms with Crippen molar-refractivity contribution in [1.82, 2.24) is 0 Å². The van der Waals surface area contributed by atoms with Crippen molar-refractivity contribution in [3.8, 4) is 5.75 Å². The summed E-state index contributed by atoms with van der Waals surface area (Å²) in [5, 5.41) is 12.5. The first-order valence-corrected chi connectivity index (χ1v) is 8.13. The molecule has 0 aliphatic carbocycles. The van der Waals surface area contributed by atoms with Crippen molar-refractivity contribution in [1.29, 1.82) is 0 Å². The van der Waals surface area contributed by atoms with E-state index in [4.69, 9.17) is 0 Å². The number of phenolic OH excluding ortho intramolecular Hbond substituents is 1. The summed E-state index contributed by atoms with van der Waals surface area (Å²) in [5.74, 6) is 0.313. The van der Waals surface area contributed by atoms with E-state index in [9.17, 15) is 5.11 Å². The minimum atomic E-state index is 0.165. The highest BCUT2D eigenvalue weighted by atomic mass is 16.3. The van der Waals surface area contributed by atoms with E-state index in [1.165, 1.54) is 11.3 Å². The van der Waals surface area contributed by atoms with E-state index >= 15 is 0 Å². The Labute approximate surface area is 142 Å². The number of rotatable bonds is 2. The molecule has 3 aromatic rings. The molecule has 2 nitrogen and oxygen atoms in total. The molecule has 1 atom stereocenters. The Balaban J connectivity index is 1.71. The highest BCUT2D eigenvalue weighted by Crippen LogP contribution is 2.31. The van der Waals surface area contributed by atoms with Crippen LogP contribution in [0.2, 0.25) is 0 Å². The second kappa shape index (κ2) is 5.89. The van der Waals surface area contributed by atoms with Crippen molar-refractivity contribution < 1.29 is 5.11 Å². The van der Waals surface area contributed by atoms with Gasteiger partial charge in [0.1, 0.15) is 5.75 Å². The van der Waals surface area contributed by atoms with Crippen LogP contribution in [0.25, 0.3) is 22.9 Å². The van der Waals surface area contributed by atoms with Crippen LogP contribution in [0.15, 0.2) is 72.8 Å². The number of fused-ring (bicyclic) bond motifs is 2. The molecule has 0 spiro atoms. The Morgan fingerprint density at radius 2 is 1.75 bits per heavy atom. The minimum absolute atomic E-state index is 0.165. The summed E-state index contributed by atoms with van der Waals surface area (Å²) in [7, 11) is 2.10. The molecule has 4 rings (SSSR count). The van der Waals surface area contributed by atoms with E-state index < -0.39 is 0 Å². The SMILES string of the molecule is CN1c2ccccc2C=CC1/C=C/c1c(O)ccc2ccccc12. The molecule has 0 fully saturated rings. The van der Waals surface area contributed by atoms with Crippen LogP contribution in [0.4, 0.5) is 5.69 Å². The summed E-state index contributed by atoms with van der Waals surface area (Å²) in [6.07, 6.45) is 8.50. The molecule has 0 radical (unpaired) electrons. The average molecular weight is 313 g/mol. The van der Waals surface area contributed by atoms with Crippen LogP contribution < -0.4 is 4.90 Å². The molecule has 0 bridgehead atoms. The Morgan fingerprint density at radius 1 is 0.958 bits per heavy atom. The maximum absolute atomic E-state index is 10.3. The molecule has 24 heavy (non-hydrogen) atoms. The highest BCUT2D eigenvalue weighted by molar-refractivity contribution is 5.93. The molecule has 0 amide bonds. The molecule has 1 heterocycles. The number of hydrogen-bond donors (Lipinski definition) is 1. The van der Waals surface area contributed by atoms with Gasteiger partial charge in [0, 0.05) is 18.3 Å². The number of nitrogens with zero attached hydrogens (tertiary/aromatic N) is 1. The molecular formula is C22H19NO. The van der Waals surface area contributed by atoms with Gasteiger partial charge in [-0.3, -0.25) is 0 Å². The van der Waals surface area contributed by atoms with Crippen LogP contribution in [-0.2, 0) is 0 Å². The summed E-state index contributed by atoms with van der Waals surface area (Å²) < 4.78 is 0. The third-order valence-corrected chi connectivity index (χ3v) is 4.64. The number of phenols is 1. The second-order valence-corrected chi connectivity index (χ2v) is 6.10. The maximum atomic E-state index is 10.3.